The Hall–Kier alpha value is -4.11. The molecule has 1 spiro atoms. The van der Waals surface area contributed by atoms with E-state index in [1.165, 1.54) is 12.1 Å². The molecule has 3 aliphatic rings. The molecule has 3 aromatic rings. The first-order chi connectivity index (χ1) is 22.2. The van der Waals surface area contributed by atoms with E-state index in [9.17, 15) is 31.1 Å². The number of rotatable bonds is 5. The summed E-state index contributed by atoms with van der Waals surface area (Å²) >= 11 is 6.01. The number of carbonyl (C=O) groups excluding carboxylic acids is 1. The Labute approximate surface area is 270 Å². The summed E-state index contributed by atoms with van der Waals surface area (Å²) in [6.07, 6.45) is -6.85. The minimum Gasteiger partial charge on any atom is -0.477 e. The number of anilines is 1. The molecular formula is C31H30ClF6N5O4. The maximum atomic E-state index is 13.9. The van der Waals surface area contributed by atoms with Gasteiger partial charge in [-0.05, 0) is 55.7 Å². The van der Waals surface area contributed by atoms with E-state index >= 15 is 0 Å². The molecule has 2 N–H and O–H groups in total. The topological polar surface area (TPSA) is 108 Å². The van der Waals surface area contributed by atoms with Crippen molar-refractivity contribution in [1.29, 1.82) is 0 Å². The van der Waals surface area contributed by atoms with Crippen LogP contribution in [0.4, 0.5) is 32.0 Å². The van der Waals surface area contributed by atoms with Crippen LogP contribution in [-0.4, -0.2) is 83.4 Å². The number of benzene rings is 1. The van der Waals surface area contributed by atoms with Crippen molar-refractivity contribution in [3.63, 3.8) is 0 Å². The number of carbonyl (C=O) groups is 2. The molecule has 0 unspecified atom stereocenters. The molecule has 0 saturated carbocycles. The van der Waals surface area contributed by atoms with Gasteiger partial charge in [-0.3, -0.25) is 4.79 Å². The number of amides is 1. The van der Waals surface area contributed by atoms with E-state index in [-0.39, 0.29) is 22.7 Å². The molecule has 47 heavy (non-hydrogen) atoms. The predicted molar refractivity (Wildman–Crippen MR) is 160 cm³/mol. The third-order valence-electron chi connectivity index (χ3n) is 8.51. The molecule has 2 saturated heterocycles. The van der Waals surface area contributed by atoms with Crippen LogP contribution >= 0.6 is 11.6 Å². The Kier molecular flexibility index (Phi) is 9.60. The lowest BCUT2D eigenvalue weighted by atomic mass is 9.69. The number of carboxylic acid groups (broad SMARTS) is 1. The highest BCUT2D eigenvalue weighted by Gasteiger charge is 2.49. The highest BCUT2D eigenvalue weighted by atomic mass is 35.5. The molecule has 0 aliphatic carbocycles. The third kappa shape index (κ3) is 6.96. The number of carboxylic acids is 1. The highest BCUT2D eigenvalue weighted by molar-refractivity contribution is 6.31. The van der Waals surface area contributed by atoms with Gasteiger partial charge in [-0.25, -0.2) is 14.8 Å². The number of aromatic nitrogens is 2. The lowest BCUT2D eigenvalue weighted by molar-refractivity contribution is -0.192. The van der Waals surface area contributed by atoms with E-state index in [4.69, 9.17) is 31.2 Å². The lowest BCUT2D eigenvalue weighted by Gasteiger charge is -2.51. The number of pyridine rings is 2. The summed E-state index contributed by atoms with van der Waals surface area (Å²) < 4.78 is 79.2. The van der Waals surface area contributed by atoms with E-state index in [0.29, 0.717) is 75.0 Å². The van der Waals surface area contributed by atoms with Crippen molar-refractivity contribution in [2.75, 3.05) is 44.2 Å². The van der Waals surface area contributed by atoms with Crippen LogP contribution in [0.1, 0.15) is 41.4 Å². The molecule has 5 heterocycles. The second kappa shape index (κ2) is 13.2. The second-order valence-electron chi connectivity index (χ2n) is 11.3. The molecule has 9 nitrogen and oxygen atoms in total. The molecule has 2 fully saturated rings. The zero-order chi connectivity index (χ0) is 34.1. The fourth-order valence-corrected chi connectivity index (χ4v) is 6.38. The van der Waals surface area contributed by atoms with Gasteiger partial charge in [0.1, 0.15) is 5.69 Å². The van der Waals surface area contributed by atoms with E-state index in [2.05, 4.69) is 10.3 Å². The number of nitrogens with zero attached hydrogens (tertiary/aromatic N) is 4. The summed E-state index contributed by atoms with van der Waals surface area (Å²) in [7, 11) is 0. The smallest absolute Gasteiger partial charge is 0.477 e. The standard InChI is InChI=1S/C29H29ClF3N5O2.C2HF3O2/c1-2-40-26-19(5-4-12-35-26)22-9-8-20-25(36-22)27(39)38(18-15-34-16-18)17-28(20)10-13-37(14-11-28)23-7-3-6-21(30)24(23)29(31,32)33;3-2(4,5)1(6)7/h3-9,12,18,34H,2,10-11,13-17H2,1H3;(H,6,7). The maximum Gasteiger partial charge on any atom is 0.490 e. The van der Waals surface area contributed by atoms with Crippen LogP contribution in [0.15, 0.2) is 48.7 Å². The van der Waals surface area contributed by atoms with Crippen molar-refractivity contribution in [3.05, 3.63) is 70.5 Å². The van der Waals surface area contributed by atoms with Crippen molar-refractivity contribution in [1.82, 2.24) is 20.2 Å². The van der Waals surface area contributed by atoms with Crippen LogP contribution in [0.25, 0.3) is 11.3 Å². The summed E-state index contributed by atoms with van der Waals surface area (Å²) in [4.78, 5) is 35.5. The Morgan fingerprint density at radius 1 is 1.09 bits per heavy atom. The van der Waals surface area contributed by atoms with Gasteiger partial charge in [0.25, 0.3) is 5.91 Å². The van der Waals surface area contributed by atoms with Gasteiger partial charge in [0.05, 0.1) is 40.2 Å². The maximum absolute atomic E-state index is 13.9. The lowest BCUT2D eigenvalue weighted by Crippen LogP contribution is -2.64. The molecule has 16 heteroatoms. The summed E-state index contributed by atoms with van der Waals surface area (Å²) in [6, 6.07) is 11.9. The van der Waals surface area contributed by atoms with E-state index in [1.807, 2.05) is 30.0 Å². The molecule has 0 bridgehead atoms. The van der Waals surface area contributed by atoms with Gasteiger partial charge in [-0.15, -0.1) is 0 Å². The number of piperidine rings is 1. The van der Waals surface area contributed by atoms with Crippen molar-refractivity contribution in [2.45, 2.75) is 43.6 Å². The summed E-state index contributed by atoms with van der Waals surface area (Å²) in [6.45, 7) is 5.04. The van der Waals surface area contributed by atoms with Crippen molar-refractivity contribution in [2.24, 2.45) is 0 Å². The van der Waals surface area contributed by atoms with Crippen LogP contribution in [0.5, 0.6) is 5.88 Å². The fourth-order valence-electron chi connectivity index (χ4n) is 6.11. The minimum atomic E-state index is -5.08. The van der Waals surface area contributed by atoms with Crippen molar-refractivity contribution >= 4 is 29.2 Å². The normalized spacial score (nSPS) is 17.8. The number of ether oxygens (including phenoxy) is 1. The van der Waals surface area contributed by atoms with Gasteiger partial charge in [0.15, 0.2) is 0 Å². The number of alkyl halides is 6. The van der Waals surface area contributed by atoms with Crippen LogP contribution in [-0.2, 0) is 16.4 Å². The first-order valence-electron chi connectivity index (χ1n) is 14.7. The second-order valence-corrected chi connectivity index (χ2v) is 11.7. The molecule has 1 aromatic carbocycles. The Balaban J connectivity index is 0.000000559. The predicted octanol–water partition coefficient (Wildman–Crippen LogP) is 5.81. The first-order valence-corrected chi connectivity index (χ1v) is 15.1. The average Bonchev–Trinajstić information content (AvgIpc) is 2.99. The summed E-state index contributed by atoms with van der Waals surface area (Å²) in [5.74, 6) is -2.43. The SMILES string of the molecule is CCOc1ncccc1-c1ccc2c(n1)C(=O)N(C1CNC1)CC21CCN(c2cccc(Cl)c2C(F)(F)F)CC1.O=C(O)C(F)(F)F. The Bertz CT molecular complexity index is 1640. The number of hydrogen-bond donors (Lipinski definition) is 2. The van der Waals surface area contributed by atoms with Gasteiger partial charge < -0.3 is 25.0 Å². The van der Waals surface area contributed by atoms with E-state index in [0.717, 1.165) is 5.56 Å². The van der Waals surface area contributed by atoms with E-state index < -0.39 is 29.3 Å². The average molecular weight is 686 g/mol. The van der Waals surface area contributed by atoms with Crippen LogP contribution in [0.2, 0.25) is 5.02 Å². The Morgan fingerprint density at radius 2 is 1.77 bits per heavy atom. The number of hydrogen-bond acceptors (Lipinski definition) is 7. The van der Waals surface area contributed by atoms with Gasteiger partial charge in [-0.2, -0.15) is 26.3 Å². The summed E-state index contributed by atoms with van der Waals surface area (Å²) in [5, 5.41) is 10.1. The zero-order valence-corrected chi connectivity index (χ0v) is 25.7. The largest absolute Gasteiger partial charge is 0.490 e. The van der Waals surface area contributed by atoms with Crippen LogP contribution in [0, 0.1) is 0 Å². The molecule has 6 rings (SSSR count). The van der Waals surface area contributed by atoms with Crippen LogP contribution in [0.3, 0.4) is 0 Å². The fraction of sp³-hybridized carbons (Fsp3) is 0.419. The molecule has 3 aliphatic heterocycles. The van der Waals surface area contributed by atoms with Gasteiger partial charge >= 0.3 is 18.3 Å². The molecule has 1 amide bonds. The third-order valence-corrected chi connectivity index (χ3v) is 8.83. The first kappa shape index (κ1) is 34.2. The van der Waals surface area contributed by atoms with Gasteiger partial charge in [0, 0.05) is 44.3 Å². The van der Waals surface area contributed by atoms with Crippen molar-refractivity contribution < 1.29 is 45.8 Å². The monoisotopic (exact) mass is 685 g/mol. The van der Waals surface area contributed by atoms with Crippen molar-refractivity contribution in [3.8, 4) is 17.1 Å². The van der Waals surface area contributed by atoms with Crippen LogP contribution < -0.4 is 15.0 Å². The number of nitrogens with one attached hydrogen (secondary N) is 1. The number of aliphatic carboxylic acids is 1. The molecular weight excluding hydrogens is 656 g/mol. The molecule has 0 radical (unpaired) electrons. The van der Waals surface area contributed by atoms with Gasteiger partial charge in [0.2, 0.25) is 5.88 Å². The minimum absolute atomic E-state index is 0.0585. The number of fused-ring (bicyclic) bond motifs is 2. The van der Waals surface area contributed by atoms with Gasteiger partial charge in [-0.1, -0.05) is 23.7 Å². The quantitative estimate of drug-likeness (QED) is 0.324. The molecule has 2 aromatic heterocycles. The highest BCUT2D eigenvalue weighted by Crippen LogP contribution is 2.46. The number of halogens is 7. The molecule has 0 atom stereocenters. The molecule has 252 valence electrons. The zero-order valence-electron chi connectivity index (χ0n) is 25.0. The van der Waals surface area contributed by atoms with E-state index in [1.54, 1.807) is 23.2 Å². The Morgan fingerprint density at radius 3 is 2.34 bits per heavy atom. The summed E-state index contributed by atoms with van der Waals surface area (Å²) in [5.41, 5.74) is 1.42.